The zero-order valence-corrected chi connectivity index (χ0v) is 14.4. The molecule has 11 heteroatoms. The molecule has 0 heterocycles. The van der Waals surface area contributed by atoms with Gasteiger partial charge in [0.15, 0.2) is 11.6 Å². The highest BCUT2D eigenvalue weighted by Crippen LogP contribution is 2.39. The van der Waals surface area contributed by atoms with Crippen LogP contribution in [0.15, 0.2) is 33.6 Å². The second kappa shape index (κ2) is 5.44. The third-order valence-corrected chi connectivity index (χ3v) is 5.24. The predicted octanol–water partition coefficient (Wildman–Crippen LogP) is 1.96. The van der Waals surface area contributed by atoms with E-state index >= 15 is 0 Å². The Hall–Kier alpha value is -2.63. The summed E-state index contributed by atoms with van der Waals surface area (Å²) in [5.41, 5.74) is 3.76. The maximum absolute atomic E-state index is 12.7. The molecule has 0 radical (unpaired) electrons. The lowest BCUT2D eigenvalue weighted by atomic mass is 9.83. The van der Waals surface area contributed by atoms with E-state index in [-0.39, 0.29) is 21.2 Å². The Balaban J connectivity index is 2.39. The standard InChI is InChI=1S/C14H7BrN2O7S/c15-8-4-9(25(22,23)24)12(16)11-10(8)13(18)6-2-1-5(17(20)21)3-7(6)14(11)19/h1-4H,16H2,(H,22,23,24). The van der Waals surface area contributed by atoms with Gasteiger partial charge in [-0.2, -0.15) is 8.42 Å². The first kappa shape index (κ1) is 17.2. The van der Waals surface area contributed by atoms with Crippen LogP contribution in [0.2, 0.25) is 0 Å². The van der Waals surface area contributed by atoms with E-state index in [0.717, 1.165) is 24.3 Å². The van der Waals surface area contributed by atoms with Gasteiger partial charge in [0.05, 0.1) is 21.7 Å². The highest BCUT2D eigenvalue weighted by atomic mass is 79.9. The molecule has 0 bridgehead atoms. The van der Waals surface area contributed by atoms with E-state index in [1.165, 1.54) is 0 Å². The van der Waals surface area contributed by atoms with Crippen LogP contribution >= 0.6 is 15.9 Å². The Morgan fingerprint density at radius 1 is 1.08 bits per heavy atom. The molecule has 9 nitrogen and oxygen atoms in total. The molecule has 2 aromatic carbocycles. The number of nitro benzene ring substituents is 1. The van der Waals surface area contributed by atoms with Gasteiger partial charge in [0, 0.05) is 27.7 Å². The van der Waals surface area contributed by atoms with E-state index in [1.54, 1.807) is 0 Å². The number of nitrogens with zero attached hydrogens (tertiary/aromatic N) is 1. The fourth-order valence-corrected chi connectivity index (χ4v) is 4.02. The summed E-state index contributed by atoms with van der Waals surface area (Å²) in [6, 6.07) is 4.08. The molecular weight excluding hydrogens is 420 g/mol. The van der Waals surface area contributed by atoms with Crippen LogP contribution in [0.1, 0.15) is 31.8 Å². The summed E-state index contributed by atoms with van der Waals surface area (Å²) in [5.74, 6) is -1.50. The molecule has 25 heavy (non-hydrogen) atoms. The molecule has 0 saturated heterocycles. The van der Waals surface area contributed by atoms with E-state index in [1.807, 2.05) is 0 Å². The number of nitrogen functional groups attached to an aromatic ring is 1. The van der Waals surface area contributed by atoms with Crippen LogP contribution in [0.5, 0.6) is 0 Å². The van der Waals surface area contributed by atoms with Crippen LogP contribution < -0.4 is 5.73 Å². The Kier molecular flexibility index (Phi) is 3.74. The summed E-state index contributed by atoms with van der Waals surface area (Å²) in [6.45, 7) is 0. The summed E-state index contributed by atoms with van der Waals surface area (Å²) in [5, 5.41) is 10.9. The van der Waals surface area contributed by atoms with E-state index in [9.17, 15) is 32.7 Å². The first-order valence-corrected chi connectivity index (χ1v) is 8.74. The fourth-order valence-electron chi connectivity index (χ4n) is 2.61. The zero-order valence-electron chi connectivity index (χ0n) is 12.0. The topological polar surface area (TPSA) is 158 Å². The van der Waals surface area contributed by atoms with Crippen LogP contribution in [0.4, 0.5) is 11.4 Å². The quantitative estimate of drug-likeness (QED) is 0.272. The average molecular weight is 427 g/mol. The van der Waals surface area contributed by atoms with Gasteiger partial charge >= 0.3 is 0 Å². The van der Waals surface area contributed by atoms with Crippen molar-refractivity contribution in [3.05, 3.63) is 61.1 Å². The monoisotopic (exact) mass is 426 g/mol. The number of fused-ring (bicyclic) bond motifs is 2. The van der Waals surface area contributed by atoms with Crippen molar-refractivity contribution < 1.29 is 27.5 Å². The van der Waals surface area contributed by atoms with Crippen molar-refractivity contribution in [2.75, 3.05) is 5.73 Å². The van der Waals surface area contributed by atoms with E-state index < -0.39 is 48.4 Å². The molecule has 0 saturated carbocycles. The molecule has 128 valence electrons. The maximum atomic E-state index is 12.7. The number of hydrogen-bond donors (Lipinski definition) is 2. The number of ketones is 2. The Bertz CT molecular complexity index is 1110. The van der Waals surface area contributed by atoms with Crippen molar-refractivity contribution in [3.8, 4) is 0 Å². The summed E-state index contributed by atoms with van der Waals surface area (Å²) in [7, 11) is -4.76. The molecule has 2 aromatic rings. The molecule has 0 aliphatic heterocycles. The second-order valence-corrected chi connectivity index (χ2v) is 7.38. The van der Waals surface area contributed by atoms with Gasteiger partial charge in [0.2, 0.25) is 0 Å². The van der Waals surface area contributed by atoms with Crippen LogP contribution in [-0.4, -0.2) is 29.5 Å². The van der Waals surface area contributed by atoms with Gasteiger partial charge in [0.25, 0.3) is 15.8 Å². The fraction of sp³-hybridized carbons (Fsp3) is 0. The van der Waals surface area contributed by atoms with Gasteiger partial charge in [0.1, 0.15) is 4.90 Å². The lowest BCUT2D eigenvalue weighted by Gasteiger charge is -2.21. The first-order chi connectivity index (χ1) is 11.5. The van der Waals surface area contributed by atoms with Crippen molar-refractivity contribution >= 4 is 49.0 Å². The number of halogens is 1. The minimum absolute atomic E-state index is 0.0494. The van der Waals surface area contributed by atoms with Gasteiger partial charge in [-0.25, -0.2) is 0 Å². The molecule has 1 aliphatic rings. The van der Waals surface area contributed by atoms with Crippen LogP contribution in [-0.2, 0) is 10.1 Å². The zero-order chi connectivity index (χ0) is 18.7. The Morgan fingerprint density at radius 2 is 1.68 bits per heavy atom. The van der Waals surface area contributed by atoms with Crippen molar-refractivity contribution in [1.82, 2.24) is 0 Å². The number of anilines is 1. The minimum Gasteiger partial charge on any atom is -0.397 e. The first-order valence-electron chi connectivity index (χ1n) is 6.51. The highest BCUT2D eigenvalue weighted by Gasteiger charge is 2.36. The lowest BCUT2D eigenvalue weighted by molar-refractivity contribution is -0.384. The summed E-state index contributed by atoms with van der Waals surface area (Å²) in [4.78, 5) is 34.8. The molecule has 0 spiro atoms. The third kappa shape index (κ3) is 2.52. The van der Waals surface area contributed by atoms with Gasteiger partial charge in [-0.15, -0.1) is 0 Å². The highest BCUT2D eigenvalue weighted by molar-refractivity contribution is 9.10. The SMILES string of the molecule is Nc1c(S(=O)(=O)O)cc(Br)c2c1C(=O)c1cc([N+](=O)[O-])ccc1C2=O. The largest absolute Gasteiger partial charge is 0.397 e. The van der Waals surface area contributed by atoms with E-state index in [4.69, 9.17) is 5.73 Å². The molecule has 0 unspecified atom stereocenters. The second-order valence-electron chi connectivity index (χ2n) is 5.14. The summed E-state index contributed by atoms with van der Waals surface area (Å²) < 4.78 is 32.1. The number of carbonyl (C=O) groups is 2. The Morgan fingerprint density at radius 3 is 2.24 bits per heavy atom. The van der Waals surface area contributed by atoms with Crippen LogP contribution in [0.25, 0.3) is 0 Å². The maximum Gasteiger partial charge on any atom is 0.296 e. The minimum atomic E-state index is -4.76. The average Bonchev–Trinajstić information content (AvgIpc) is 2.52. The van der Waals surface area contributed by atoms with Crippen LogP contribution in [0.3, 0.4) is 0 Å². The number of nitrogens with two attached hydrogens (primary N) is 1. The molecule has 0 amide bonds. The van der Waals surface area contributed by atoms with Crippen molar-refractivity contribution in [1.29, 1.82) is 0 Å². The molecular formula is C14H7BrN2O7S. The predicted molar refractivity (Wildman–Crippen MR) is 88.3 cm³/mol. The van der Waals surface area contributed by atoms with Gasteiger partial charge in [-0.05, 0) is 28.1 Å². The molecule has 0 aromatic heterocycles. The van der Waals surface area contributed by atoms with Gasteiger partial charge < -0.3 is 5.73 Å². The molecule has 3 rings (SSSR count). The number of carbonyl (C=O) groups excluding carboxylic acids is 2. The molecule has 3 N–H and O–H groups in total. The van der Waals surface area contributed by atoms with E-state index in [0.29, 0.717) is 0 Å². The van der Waals surface area contributed by atoms with Gasteiger partial charge in [-0.3, -0.25) is 24.3 Å². The number of non-ortho nitro benzene ring substituents is 1. The molecule has 0 atom stereocenters. The molecule has 0 fully saturated rings. The van der Waals surface area contributed by atoms with Crippen LogP contribution in [0, 0.1) is 10.1 Å². The number of benzene rings is 2. The molecule has 1 aliphatic carbocycles. The summed E-state index contributed by atoms with van der Waals surface area (Å²) in [6.07, 6.45) is 0. The number of rotatable bonds is 2. The third-order valence-electron chi connectivity index (χ3n) is 3.72. The summed E-state index contributed by atoms with van der Waals surface area (Å²) >= 11 is 3.00. The Labute approximate surface area is 148 Å². The van der Waals surface area contributed by atoms with Gasteiger partial charge in [-0.1, -0.05) is 0 Å². The van der Waals surface area contributed by atoms with Crippen molar-refractivity contribution in [2.45, 2.75) is 4.90 Å². The van der Waals surface area contributed by atoms with Crippen molar-refractivity contribution in [3.63, 3.8) is 0 Å². The smallest absolute Gasteiger partial charge is 0.296 e. The number of nitro groups is 1. The normalized spacial score (nSPS) is 13.4. The van der Waals surface area contributed by atoms with Crippen molar-refractivity contribution in [2.24, 2.45) is 0 Å². The number of hydrogen-bond acceptors (Lipinski definition) is 7. The lowest BCUT2D eigenvalue weighted by Crippen LogP contribution is -2.24. The van der Waals surface area contributed by atoms with E-state index in [2.05, 4.69) is 15.9 Å².